The van der Waals surface area contributed by atoms with Crippen LogP contribution in [0.1, 0.15) is 24.1 Å². The largest absolute Gasteiger partial charge is 0.322 e. The van der Waals surface area contributed by atoms with E-state index in [1.54, 1.807) is 0 Å². The summed E-state index contributed by atoms with van der Waals surface area (Å²) < 4.78 is 4.05. The number of imidazole rings is 1. The first-order chi connectivity index (χ1) is 9.61. The van der Waals surface area contributed by atoms with E-state index in [0.29, 0.717) is 6.54 Å². The van der Waals surface area contributed by atoms with Gasteiger partial charge in [-0.15, -0.1) is 0 Å². The van der Waals surface area contributed by atoms with Crippen molar-refractivity contribution in [3.63, 3.8) is 0 Å². The maximum atomic E-state index is 6.43. The van der Waals surface area contributed by atoms with E-state index in [2.05, 4.69) is 27.6 Å². The maximum absolute atomic E-state index is 6.43. The smallest absolute Gasteiger partial charge is 0.107 e. The first-order valence-electron chi connectivity index (χ1n) is 6.74. The zero-order valence-electron chi connectivity index (χ0n) is 11.9. The molecule has 2 aromatic heterocycles. The standard InChI is InChI=1S/C15H17ClN4/c1-4-11-15(16)14(19(3)18-11)9-20-10(2)17-12-7-5-6-8-13(12)20/h5-8H,4,9H2,1-3H3. The van der Waals surface area contributed by atoms with Crippen LogP contribution in [-0.2, 0) is 20.0 Å². The van der Waals surface area contributed by atoms with E-state index in [9.17, 15) is 0 Å². The molecule has 0 fully saturated rings. The summed E-state index contributed by atoms with van der Waals surface area (Å²) >= 11 is 6.43. The summed E-state index contributed by atoms with van der Waals surface area (Å²) in [5.41, 5.74) is 4.11. The van der Waals surface area contributed by atoms with Gasteiger partial charge in [0.25, 0.3) is 0 Å². The number of aryl methyl sites for hydroxylation is 3. The zero-order valence-corrected chi connectivity index (χ0v) is 12.6. The van der Waals surface area contributed by atoms with E-state index < -0.39 is 0 Å². The minimum absolute atomic E-state index is 0.689. The van der Waals surface area contributed by atoms with Crippen LogP contribution in [0.25, 0.3) is 11.0 Å². The second-order valence-corrected chi connectivity index (χ2v) is 5.30. The van der Waals surface area contributed by atoms with E-state index in [1.165, 1.54) is 0 Å². The molecule has 3 aromatic rings. The van der Waals surface area contributed by atoms with Crippen LogP contribution in [0.4, 0.5) is 0 Å². The molecule has 3 rings (SSSR count). The number of fused-ring (bicyclic) bond motifs is 1. The van der Waals surface area contributed by atoms with Crippen molar-refractivity contribution in [1.82, 2.24) is 19.3 Å². The molecule has 0 unspecified atom stereocenters. The predicted molar refractivity (Wildman–Crippen MR) is 81.2 cm³/mol. The lowest BCUT2D eigenvalue weighted by Gasteiger charge is -2.08. The number of aromatic nitrogens is 4. The molecule has 5 heteroatoms. The molecule has 0 aliphatic carbocycles. The third-order valence-corrected chi connectivity index (χ3v) is 4.09. The van der Waals surface area contributed by atoms with Gasteiger partial charge in [-0.3, -0.25) is 4.68 Å². The third-order valence-electron chi connectivity index (χ3n) is 3.66. The Bertz CT molecular complexity index is 770. The van der Waals surface area contributed by atoms with E-state index in [-0.39, 0.29) is 0 Å². The van der Waals surface area contributed by atoms with Crippen molar-refractivity contribution < 1.29 is 0 Å². The van der Waals surface area contributed by atoms with Gasteiger partial charge in [0.05, 0.1) is 34.0 Å². The first kappa shape index (κ1) is 13.2. The van der Waals surface area contributed by atoms with Crippen LogP contribution in [0.15, 0.2) is 24.3 Å². The topological polar surface area (TPSA) is 35.6 Å². The van der Waals surface area contributed by atoms with E-state index in [4.69, 9.17) is 11.6 Å². The van der Waals surface area contributed by atoms with Gasteiger partial charge in [0.1, 0.15) is 5.82 Å². The second-order valence-electron chi connectivity index (χ2n) is 4.92. The molecule has 0 saturated carbocycles. The lowest BCUT2D eigenvalue weighted by Crippen LogP contribution is -2.07. The normalized spacial score (nSPS) is 11.4. The predicted octanol–water partition coefficient (Wildman–Crippen LogP) is 3.34. The van der Waals surface area contributed by atoms with Gasteiger partial charge < -0.3 is 4.57 Å². The Morgan fingerprint density at radius 2 is 2.00 bits per heavy atom. The summed E-state index contributed by atoms with van der Waals surface area (Å²) in [6.07, 6.45) is 0.844. The summed E-state index contributed by atoms with van der Waals surface area (Å²) in [6.45, 7) is 4.77. The highest BCUT2D eigenvalue weighted by molar-refractivity contribution is 6.31. The number of rotatable bonds is 3. The highest BCUT2D eigenvalue weighted by atomic mass is 35.5. The summed E-state index contributed by atoms with van der Waals surface area (Å²) in [5, 5.41) is 5.24. The Morgan fingerprint density at radius 1 is 1.25 bits per heavy atom. The summed E-state index contributed by atoms with van der Waals surface area (Å²) in [4.78, 5) is 4.59. The molecule has 0 spiro atoms. The van der Waals surface area contributed by atoms with Crippen molar-refractivity contribution in [3.05, 3.63) is 46.5 Å². The highest BCUT2D eigenvalue weighted by Gasteiger charge is 2.15. The van der Waals surface area contributed by atoms with Crippen molar-refractivity contribution >= 4 is 22.6 Å². The fourth-order valence-corrected chi connectivity index (χ4v) is 2.89. The number of hydrogen-bond acceptors (Lipinski definition) is 2. The minimum atomic E-state index is 0.689. The number of para-hydroxylation sites is 2. The van der Waals surface area contributed by atoms with Gasteiger partial charge in [0, 0.05) is 7.05 Å². The molecule has 20 heavy (non-hydrogen) atoms. The molecule has 4 nitrogen and oxygen atoms in total. The molecule has 0 aliphatic heterocycles. The van der Waals surface area contributed by atoms with Gasteiger partial charge >= 0.3 is 0 Å². The third kappa shape index (κ3) is 2.00. The molecule has 2 heterocycles. The second kappa shape index (κ2) is 4.94. The molecule has 0 atom stereocenters. The Hall–Kier alpha value is -1.81. The molecular formula is C15H17ClN4. The van der Waals surface area contributed by atoms with Crippen LogP contribution < -0.4 is 0 Å². The molecule has 0 aliphatic rings. The average Bonchev–Trinajstić information content (AvgIpc) is 2.90. The van der Waals surface area contributed by atoms with Gasteiger partial charge in [-0.05, 0) is 25.5 Å². The van der Waals surface area contributed by atoms with Crippen molar-refractivity contribution in [3.8, 4) is 0 Å². The van der Waals surface area contributed by atoms with Gasteiger partial charge in [0.2, 0.25) is 0 Å². The zero-order chi connectivity index (χ0) is 14.3. The summed E-state index contributed by atoms with van der Waals surface area (Å²) in [6, 6.07) is 8.15. The van der Waals surface area contributed by atoms with E-state index in [0.717, 1.165) is 39.7 Å². The first-order valence-corrected chi connectivity index (χ1v) is 7.11. The lowest BCUT2D eigenvalue weighted by atomic mass is 10.3. The molecule has 0 N–H and O–H groups in total. The maximum Gasteiger partial charge on any atom is 0.107 e. The number of nitrogens with zero attached hydrogens (tertiary/aromatic N) is 4. The Balaban J connectivity index is 2.10. The van der Waals surface area contributed by atoms with Gasteiger partial charge in [-0.1, -0.05) is 30.7 Å². The number of halogens is 1. The van der Waals surface area contributed by atoms with Crippen LogP contribution in [0.3, 0.4) is 0 Å². The van der Waals surface area contributed by atoms with Crippen LogP contribution in [0, 0.1) is 6.92 Å². The number of hydrogen-bond donors (Lipinski definition) is 0. The number of benzene rings is 1. The molecule has 0 amide bonds. The van der Waals surface area contributed by atoms with E-state index >= 15 is 0 Å². The van der Waals surface area contributed by atoms with Crippen LogP contribution in [-0.4, -0.2) is 19.3 Å². The molecule has 104 valence electrons. The van der Waals surface area contributed by atoms with Gasteiger partial charge in [-0.25, -0.2) is 4.98 Å². The monoisotopic (exact) mass is 288 g/mol. The lowest BCUT2D eigenvalue weighted by molar-refractivity contribution is 0.659. The molecule has 1 aromatic carbocycles. The SMILES string of the molecule is CCc1nn(C)c(Cn2c(C)nc3ccccc32)c1Cl. The van der Waals surface area contributed by atoms with Crippen LogP contribution in [0.5, 0.6) is 0 Å². The van der Waals surface area contributed by atoms with Gasteiger partial charge in [0.15, 0.2) is 0 Å². The molecular weight excluding hydrogens is 272 g/mol. The van der Waals surface area contributed by atoms with Crippen LogP contribution >= 0.6 is 11.6 Å². The average molecular weight is 289 g/mol. The Kier molecular flexibility index (Phi) is 3.26. The minimum Gasteiger partial charge on any atom is -0.322 e. The van der Waals surface area contributed by atoms with Crippen molar-refractivity contribution in [2.45, 2.75) is 26.8 Å². The fraction of sp³-hybridized carbons (Fsp3) is 0.333. The van der Waals surface area contributed by atoms with Crippen molar-refractivity contribution in [2.75, 3.05) is 0 Å². The van der Waals surface area contributed by atoms with E-state index in [1.807, 2.05) is 36.9 Å². The van der Waals surface area contributed by atoms with Crippen LogP contribution in [0.2, 0.25) is 5.02 Å². The fourth-order valence-electron chi connectivity index (χ4n) is 2.54. The van der Waals surface area contributed by atoms with Crippen molar-refractivity contribution in [2.24, 2.45) is 7.05 Å². The Labute approximate surface area is 123 Å². The molecule has 0 bridgehead atoms. The summed E-state index contributed by atoms with van der Waals surface area (Å²) in [7, 11) is 1.94. The van der Waals surface area contributed by atoms with Gasteiger partial charge in [-0.2, -0.15) is 5.10 Å². The quantitative estimate of drug-likeness (QED) is 0.741. The Morgan fingerprint density at radius 3 is 2.70 bits per heavy atom. The molecule has 0 radical (unpaired) electrons. The van der Waals surface area contributed by atoms with Crippen molar-refractivity contribution in [1.29, 1.82) is 0 Å². The highest BCUT2D eigenvalue weighted by Crippen LogP contribution is 2.24. The summed E-state index contributed by atoms with van der Waals surface area (Å²) in [5.74, 6) is 0.988. The molecule has 0 saturated heterocycles.